The van der Waals surface area contributed by atoms with Crippen LogP contribution in [0.5, 0.6) is 0 Å². The Labute approximate surface area is 152 Å². The van der Waals surface area contributed by atoms with E-state index in [-0.39, 0.29) is 23.9 Å². The van der Waals surface area contributed by atoms with Gasteiger partial charge in [0.05, 0.1) is 12.1 Å². The zero-order valence-corrected chi connectivity index (χ0v) is 15.3. The number of pyridine rings is 2. The fourth-order valence-corrected chi connectivity index (χ4v) is 3.03. The maximum absolute atomic E-state index is 12.9. The summed E-state index contributed by atoms with van der Waals surface area (Å²) in [6, 6.07) is 11.3. The highest BCUT2D eigenvalue weighted by Gasteiger charge is 2.19. The van der Waals surface area contributed by atoms with Crippen molar-refractivity contribution in [3.8, 4) is 0 Å². The van der Waals surface area contributed by atoms with Crippen LogP contribution in [-0.4, -0.2) is 27.3 Å². The first kappa shape index (κ1) is 17.9. The highest BCUT2D eigenvalue weighted by Crippen LogP contribution is 2.16. The number of hydrogen-bond donors (Lipinski definition) is 1. The van der Waals surface area contributed by atoms with Crippen LogP contribution in [0, 0.1) is 12.8 Å². The van der Waals surface area contributed by atoms with Crippen molar-refractivity contribution in [2.45, 2.75) is 27.3 Å². The summed E-state index contributed by atoms with van der Waals surface area (Å²) >= 11 is 0. The van der Waals surface area contributed by atoms with Crippen LogP contribution in [0.25, 0.3) is 10.9 Å². The van der Waals surface area contributed by atoms with Gasteiger partial charge in [-0.15, -0.1) is 0 Å². The predicted octanol–water partition coefficient (Wildman–Crippen LogP) is 3.53. The lowest BCUT2D eigenvalue weighted by atomic mass is 10.1. The maximum Gasteiger partial charge on any atom is 0.255 e. The fourth-order valence-electron chi connectivity index (χ4n) is 3.03. The van der Waals surface area contributed by atoms with E-state index in [1.807, 2.05) is 31.2 Å². The first-order valence-corrected chi connectivity index (χ1v) is 8.76. The zero-order valence-electron chi connectivity index (χ0n) is 15.3. The topological polar surface area (TPSA) is 66.1 Å². The molecule has 0 saturated carbocycles. The molecule has 0 unspecified atom stereocenters. The van der Waals surface area contributed by atoms with Crippen molar-refractivity contribution in [3.05, 3.63) is 75.8 Å². The average Bonchev–Trinajstić information content (AvgIpc) is 2.62. The molecule has 1 aromatic carbocycles. The Morgan fingerprint density at radius 1 is 1.23 bits per heavy atom. The smallest absolute Gasteiger partial charge is 0.255 e. The van der Waals surface area contributed by atoms with E-state index in [2.05, 4.69) is 23.8 Å². The number of rotatable bonds is 5. The number of carbonyl (C=O) groups is 1. The number of nitrogens with zero attached hydrogens (tertiary/aromatic N) is 2. The quantitative estimate of drug-likeness (QED) is 0.766. The van der Waals surface area contributed by atoms with Gasteiger partial charge in [0.1, 0.15) is 0 Å². The molecule has 0 aliphatic rings. The molecular formula is C21H23N3O2. The minimum absolute atomic E-state index is 0.115. The largest absolute Gasteiger partial charge is 0.334 e. The second-order valence-electron chi connectivity index (χ2n) is 7.04. The van der Waals surface area contributed by atoms with Crippen molar-refractivity contribution in [3.63, 3.8) is 0 Å². The van der Waals surface area contributed by atoms with E-state index in [9.17, 15) is 9.59 Å². The Bertz CT molecular complexity index is 977. The molecule has 3 aromatic rings. The Hall–Kier alpha value is -2.95. The number of aromatic nitrogens is 2. The molecule has 0 fully saturated rings. The summed E-state index contributed by atoms with van der Waals surface area (Å²) in [7, 11) is 0. The van der Waals surface area contributed by atoms with Crippen LogP contribution in [0.3, 0.4) is 0 Å². The van der Waals surface area contributed by atoms with Crippen LogP contribution in [-0.2, 0) is 6.54 Å². The van der Waals surface area contributed by atoms with E-state index < -0.39 is 0 Å². The molecule has 2 aromatic heterocycles. The molecule has 134 valence electrons. The van der Waals surface area contributed by atoms with Crippen molar-refractivity contribution in [1.29, 1.82) is 0 Å². The summed E-state index contributed by atoms with van der Waals surface area (Å²) in [5.74, 6) is 0.174. The predicted molar refractivity (Wildman–Crippen MR) is 103 cm³/mol. The van der Waals surface area contributed by atoms with E-state index in [0.717, 1.165) is 16.5 Å². The number of nitrogens with one attached hydrogen (secondary N) is 1. The molecule has 0 atom stereocenters. The number of aryl methyl sites for hydroxylation is 1. The molecular weight excluding hydrogens is 326 g/mol. The van der Waals surface area contributed by atoms with Gasteiger partial charge in [-0.1, -0.05) is 25.5 Å². The van der Waals surface area contributed by atoms with E-state index in [1.165, 1.54) is 0 Å². The van der Waals surface area contributed by atoms with Gasteiger partial charge in [0.15, 0.2) is 0 Å². The van der Waals surface area contributed by atoms with Crippen LogP contribution in [0.2, 0.25) is 0 Å². The third-order valence-electron chi connectivity index (χ3n) is 4.22. The monoisotopic (exact) mass is 349 g/mol. The lowest BCUT2D eigenvalue weighted by Gasteiger charge is -2.24. The Kier molecular flexibility index (Phi) is 5.16. The minimum atomic E-state index is -0.158. The third kappa shape index (κ3) is 3.99. The number of fused-ring (bicyclic) bond motifs is 1. The highest BCUT2D eigenvalue weighted by atomic mass is 16.2. The summed E-state index contributed by atoms with van der Waals surface area (Å²) in [5, 5.41) is 0.970. The second kappa shape index (κ2) is 7.52. The van der Waals surface area contributed by atoms with Gasteiger partial charge in [-0.3, -0.25) is 14.6 Å². The van der Waals surface area contributed by atoms with Crippen molar-refractivity contribution >= 4 is 16.8 Å². The first-order valence-electron chi connectivity index (χ1n) is 8.76. The van der Waals surface area contributed by atoms with Crippen molar-refractivity contribution in [2.24, 2.45) is 5.92 Å². The Balaban J connectivity index is 1.96. The molecule has 0 radical (unpaired) electrons. The molecule has 5 heteroatoms. The summed E-state index contributed by atoms with van der Waals surface area (Å²) in [6.07, 6.45) is 3.20. The van der Waals surface area contributed by atoms with Gasteiger partial charge in [0.25, 0.3) is 11.5 Å². The van der Waals surface area contributed by atoms with Crippen LogP contribution in [0.1, 0.15) is 35.3 Å². The second-order valence-corrected chi connectivity index (χ2v) is 7.04. The van der Waals surface area contributed by atoms with Gasteiger partial charge in [-0.05, 0) is 48.6 Å². The Morgan fingerprint density at radius 2 is 2.04 bits per heavy atom. The third-order valence-corrected chi connectivity index (χ3v) is 4.22. The SMILES string of the molecule is Cc1ccc2[nH]c(=O)c(CN(CC(C)C)C(=O)c3cccnc3)cc2c1. The molecule has 1 amide bonds. The maximum atomic E-state index is 12.9. The molecule has 3 rings (SSSR count). The minimum Gasteiger partial charge on any atom is -0.334 e. The molecule has 0 saturated heterocycles. The molecule has 5 nitrogen and oxygen atoms in total. The summed E-state index contributed by atoms with van der Waals surface area (Å²) in [5.41, 5.74) is 2.88. The molecule has 1 N–H and O–H groups in total. The number of H-pyrrole nitrogens is 1. The van der Waals surface area contributed by atoms with Gasteiger partial charge in [-0.25, -0.2) is 0 Å². The van der Waals surface area contributed by atoms with Crippen LogP contribution in [0.15, 0.2) is 53.6 Å². The molecule has 2 heterocycles. The van der Waals surface area contributed by atoms with Crippen molar-refractivity contribution < 1.29 is 4.79 Å². The van der Waals surface area contributed by atoms with Gasteiger partial charge < -0.3 is 9.88 Å². The average molecular weight is 349 g/mol. The number of hydrogen-bond acceptors (Lipinski definition) is 3. The molecule has 0 spiro atoms. The number of carbonyl (C=O) groups excluding carboxylic acids is 1. The van der Waals surface area contributed by atoms with E-state index in [1.54, 1.807) is 29.4 Å². The summed E-state index contributed by atoms with van der Waals surface area (Å²) in [4.78, 5) is 34.0. The zero-order chi connectivity index (χ0) is 18.7. The van der Waals surface area contributed by atoms with Crippen LogP contribution < -0.4 is 5.56 Å². The van der Waals surface area contributed by atoms with Gasteiger partial charge in [-0.2, -0.15) is 0 Å². The number of benzene rings is 1. The normalized spacial score (nSPS) is 11.1. The van der Waals surface area contributed by atoms with E-state index >= 15 is 0 Å². The fraction of sp³-hybridized carbons (Fsp3) is 0.286. The molecule has 0 aliphatic carbocycles. The number of aromatic amines is 1. The first-order chi connectivity index (χ1) is 12.4. The number of amides is 1. The van der Waals surface area contributed by atoms with Crippen LogP contribution in [0.4, 0.5) is 0 Å². The summed E-state index contributed by atoms with van der Waals surface area (Å²) in [6.45, 7) is 6.96. The van der Waals surface area contributed by atoms with Gasteiger partial charge >= 0.3 is 0 Å². The van der Waals surface area contributed by atoms with Crippen molar-refractivity contribution in [1.82, 2.24) is 14.9 Å². The molecule has 26 heavy (non-hydrogen) atoms. The van der Waals surface area contributed by atoms with E-state index in [4.69, 9.17) is 0 Å². The van der Waals surface area contributed by atoms with E-state index in [0.29, 0.717) is 17.7 Å². The lowest BCUT2D eigenvalue weighted by molar-refractivity contribution is 0.0721. The van der Waals surface area contributed by atoms with Crippen molar-refractivity contribution in [2.75, 3.05) is 6.54 Å². The van der Waals surface area contributed by atoms with Crippen LogP contribution >= 0.6 is 0 Å². The standard InChI is InChI=1S/C21H23N3O2/c1-14(2)12-24(21(26)16-5-4-8-22-11-16)13-18-10-17-9-15(3)6-7-19(17)23-20(18)25/h4-11,14H,12-13H2,1-3H3,(H,23,25). The lowest BCUT2D eigenvalue weighted by Crippen LogP contribution is -2.35. The molecule has 0 aliphatic heterocycles. The van der Waals surface area contributed by atoms with Gasteiger partial charge in [0, 0.05) is 30.0 Å². The van der Waals surface area contributed by atoms with Gasteiger partial charge in [0.2, 0.25) is 0 Å². The molecule has 0 bridgehead atoms. The Morgan fingerprint density at radius 3 is 2.73 bits per heavy atom. The highest BCUT2D eigenvalue weighted by molar-refractivity contribution is 5.94. The summed E-state index contributed by atoms with van der Waals surface area (Å²) < 4.78 is 0.